The molecule has 11 N–H and O–H groups in total. The van der Waals surface area contributed by atoms with Crippen molar-refractivity contribution in [3.05, 3.63) is 71.8 Å². The number of guanidine groups is 1. The summed E-state index contributed by atoms with van der Waals surface area (Å²) in [5.41, 5.74) is 18.4. The van der Waals surface area contributed by atoms with E-state index in [0.717, 1.165) is 5.56 Å². The highest BCUT2D eigenvalue weighted by Gasteiger charge is 2.30. The Morgan fingerprint density at radius 1 is 0.702 bits per heavy atom. The van der Waals surface area contributed by atoms with Crippen molar-refractivity contribution in [2.24, 2.45) is 28.1 Å². The molecule has 0 spiro atoms. The van der Waals surface area contributed by atoms with E-state index in [9.17, 15) is 29.1 Å². The minimum Gasteiger partial charge on any atom is -0.480 e. The second kappa shape index (κ2) is 19.5. The maximum atomic E-state index is 13.6. The minimum absolute atomic E-state index is 0.0431. The van der Waals surface area contributed by atoms with Gasteiger partial charge in [0.1, 0.15) is 24.2 Å². The van der Waals surface area contributed by atoms with Gasteiger partial charge in [-0.25, -0.2) is 4.79 Å². The van der Waals surface area contributed by atoms with Crippen LogP contribution in [0.3, 0.4) is 0 Å². The predicted molar refractivity (Wildman–Crippen MR) is 179 cm³/mol. The second-order valence-electron chi connectivity index (χ2n) is 11.8. The van der Waals surface area contributed by atoms with Crippen molar-refractivity contribution in [1.29, 1.82) is 0 Å². The Morgan fingerprint density at radius 3 is 1.70 bits per heavy atom. The molecule has 256 valence electrons. The number of carbonyl (C=O) groups excluding carboxylic acids is 4. The van der Waals surface area contributed by atoms with Gasteiger partial charge in [-0.2, -0.15) is 0 Å². The lowest BCUT2D eigenvalue weighted by molar-refractivity contribution is -0.142. The highest BCUT2D eigenvalue weighted by Crippen LogP contribution is 2.09. The molecule has 0 bridgehead atoms. The van der Waals surface area contributed by atoms with Gasteiger partial charge in [-0.1, -0.05) is 74.5 Å². The molecule has 0 aromatic heterocycles. The second-order valence-corrected chi connectivity index (χ2v) is 11.8. The SMILES string of the molecule is CC(C)C[C@H](N)C(=O)N[C@@H](Cc1ccccc1)C(=O)N[C@@H](CCCN=C(N)N)C(=O)N[C@@H](C)C(=O)N[C@@H](Cc1ccccc1)C(=O)O. The Hall–Kier alpha value is -4.98. The van der Waals surface area contributed by atoms with E-state index in [-0.39, 0.29) is 37.7 Å². The summed E-state index contributed by atoms with van der Waals surface area (Å²) < 4.78 is 0. The normalized spacial score (nSPS) is 14.1. The van der Waals surface area contributed by atoms with Crippen LogP contribution in [0.4, 0.5) is 0 Å². The molecule has 47 heavy (non-hydrogen) atoms. The Morgan fingerprint density at radius 2 is 1.19 bits per heavy atom. The van der Waals surface area contributed by atoms with Crippen molar-refractivity contribution >= 4 is 35.6 Å². The molecule has 14 nitrogen and oxygen atoms in total. The highest BCUT2D eigenvalue weighted by molar-refractivity contribution is 5.95. The lowest BCUT2D eigenvalue weighted by Crippen LogP contribution is -2.58. The van der Waals surface area contributed by atoms with Crippen LogP contribution in [0.1, 0.15) is 51.2 Å². The van der Waals surface area contributed by atoms with Crippen LogP contribution in [0, 0.1) is 5.92 Å². The maximum absolute atomic E-state index is 13.6. The van der Waals surface area contributed by atoms with Gasteiger partial charge in [0.15, 0.2) is 5.96 Å². The highest BCUT2D eigenvalue weighted by atomic mass is 16.4. The first kappa shape index (κ1) is 38.2. The van der Waals surface area contributed by atoms with E-state index < -0.39 is 59.8 Å². The Balaban J connectivity index is 2.20. The Kier molecular flexibility index (Phi) is 15.9. The summed E-state index contributed by atoms with van der Waals surface area (Å²) in [6.07, 6.45) is 0.972. The fourth-order valence-corrected chi connectivity index (χ4v) is 4.72. The fourth-order valence-electron chi connectivity index (χ4n) is 4.72. The largest absolute Gasteiger partial charge is 0.480 e. The number of nitrogens with one attached hydrogen (secondary N) is 4. The standard InChI is InChI=1S/C33H48N8O6/c1-20(2)17-24(34)29(43)40-26(18-22-11-6-4-7-12-22)31(45)39-25(15-10-16-37-33(35)36)30(44)38-21(3)28(42)41-27(32(46)47)19-23-13-8-5-9-14-23/h4-9,11-14,20-21,24-27H,10,15-19,34H2,1-3H3,(H,38,44)(H,39,45)(H,40,43)(H,41,42)(H,46,47)(H4,35,36,37)/t21-,24-,25-,26-,27-/m0/s1. The molecule has 2 aromatic rings. The smallest absolute Gasteiger partial charge is 0.326 e. The van der Waals surface area contributed by atoms with Gasteiger partial charge >= 0.3 is 5.97 Å². The third kappa shape index (κ3) is 14.3. The number of carboxylic acid groups (broad SMARTS) is 1. The molecule has 0 saturated heterocycles. The molecule has 5 atom stereocenters. The molecule has 2 rings (SSSR count). The number of benzene rings is 2. The van der Waals surface area contributed by atoms with Crippen LogP contribution < -0.4 is 38.5 Å². The fraction of sp³-hybridized carbons (Fsp3) is 0.455. The van der Waals surface area contributed by atoms with E-state index in [1.807, 2.05) is 32.0 Å². The van der Waals surface area contributed by atoms with Crippen LogP contribution in [0.5, 0.6) is 0 Å². The van der Waals surface area contributed by atoms with Crippen LogP contribution in [-0.2, 0) is 36.8 Å². The lowest BCUT2D eigenvalue weighted by Gasteiger charge is -2.26. The van der Waals surface area contributed by atoms with E-state index in [2.05, 4.69) is 26.3 Å². The van der Waals surface area contributed by atoms with Crippen molar-refractivity contribution in [1.82, 2.24) is 21.3 Å². The van der Waals surface area contributed by atoms with Gasteiger partial charge in [0.2, 0.25) is 23.6 Å². The zero-order chi connectivity index (χ0) is 34.9. The number of hydrogen-bond donors (Lipinski definition) is 8. The number of aliphatic carboxylic acids is 1. The van der Waals surface area contributed by atoms with Crippen LogP contribution in [0.2, 0.25) is 0 Å². The number of carboxylic acids is 1. The van der Waals surface area contributed by atoms with E-state index in [1.54, 1.807) is 42.5 Å². The molecule has 0 aliphatic carbocycles. The van der Waals surface area contributed by atoms with Crippen molar-refractivity contribution in [2.45, 2.75) is 83.1 Å². The third-order valence-electron chi connectivity index (χ3n) is 7.21. The summed E-state index contributed by atoms with van der Waals surface area (Å²) in [7, 11) is 0. The summed E-state index contributed by atoms with van der Waals surface area (Å²) in [6, 6.07) is 12.4. The molecule has 0 radical (unpaired) electrons. The topological polar surface area (TPSA) is 244 Å². The number of hydrogen-bond acceptors (Lipinski definition) is 7. The number of rotatable bonds is 19. The quantitative estimate of drug-likeness (QED) is 0.0575. The van der Waals surface area contributed by atoms with Gasteiger partial charge in [-0.3, -0.25) is 24.2 Å². The number of nitrogens with zero attached hydrogens (tertiary/aromatic N) is 1. The molecule has 0 aliphatic rings. The Bertz CT molecular complexity index is 1350. The van der Waals surface area contributed by atoms with Gasteiger partial charge < -0.3 is 43.6 Å². The van der Waals surface area contributed by atoms with Crippen molar-refractivity contribution in [2.75, 3.05) is 6.54 Å². The van der Waals surface area contributed by atoms with Crippen LogP contribution >= 0.6 is 0 Å². The molecule has 0 saturated carbocycles. The molecule has 0 unspecified atom stereocenters. The summed E-state index contributed by atoms with van der Waals surface area (Å²) in [4.78, 5) is 68.8. The maximum Gasteiger partial charge on any atom is 0.326 e. The molecular weight excluding hydrogens is 604 g/mol. The summed E-state index contributed by atoms with van der Waals surface area (Å²) in [6.45, 7) is 5.44. The number of nitrogens with two attached hydrogens (primary N) is 3. The predicted octanol–water partition coefficient (Wildman–Crippen LogP) is -0.0575. The molecule has 2 aromatic carbocycles. The van der Waals surface area contributed by atoms with E-state index in [0.29, 0.717) is 18.4 Å². The van der Waals surface area contributed by atoms with Gasteiger partial charge in [0, 0.05) is 19.4 Å². The monoisotopic (exact) mass is 652 g/mol. The minimum atomic E-state index is -1.23. The van der Waals surface area contributed by atoms with Gasteiger partial charge in [0.05, 0.1) is 6.04 Å². The van der Waals surface area contributed by atoms with Gasteiger partial charge in [-0.15, -0.1) is 0 Å². The molecule has 0 fully saturated rings. The van der Waals surface area contributed by atoms with Crippen molar-refractivity contribution in [3.8, 4) is 0 Å². The average molecular weight is 653 g/mol. The zero-order valence-electron chi connectivity index (χ0n) is 27.1. The first-order valence-corrected chi connectivity index (χ1v) is 15.6. The molecule has 14 heteroatoms. The van der Waals surface area contributed by atoms with E-state index >= 15 is 0 Å². The lowest BCUT2D eigenvalue weighted by atomic mass is 10.0. The molecule has 4 amide bonds. The zero-order valence-corrected chi connectivity index (χ0v) is 27.1. The van der Waals surface area contributed by atoms with E-state index in [1.165, 1.54) is 6.92 Å². The summed E-state index contributed by atoms with van der Waals surface area (Å²) in [5.74, 6) is -3.76. The first-order valence-electron chi connectivity index (χ1n) is 15.6. The number of carbonyl (C=O) groups is 5. The molecular formula is C33H48N8O6. The average Bonchev–Trinajstić information content (AvgIpc) is 3.02. The summed E-state index contributed by atoms with van der Waals surface area (Å²) in [5, 5.41) is 20.1. The third-order valence-corrected chi connectivity index (χ3v) is 7.21. The van der Waals surface area contributed by atoms with Crippen LogP contribution in [0.15, 0.2) is 65.7 Å². The molecule has 0 heterocycles. The molecule has 0 aliphatic heterocycles. The Labute approximate surface area is 275 Å². The van der Waals surface area contributed by atoms with Crippen molar-refractivity contribution in [3.63, 3.8) is 0 Å². The number of amides is 4. The van der Waals surface area contributed by atoms with Crippen LogP contribution in [-0.4, -0.2) is 77.4 Å². The van der Waals surface area contributed by atoms with Crippen LogP contribution in [0.25, 0.3) is 0 Å². The first-order chi connectivity index (χ1) is 22.3. The van der Waals surface area contributed by atoms with Crippen molar-refractivity contribution < 1.29 is 29.1 Å². The summed E-state index contributed by atoms with van der Waals surface area (Å²) >= 11 is 0. The van der Waals surface area contributed by atoms with E-state index in [4.69, 9.17) is 17.2 Å². The van der Waals surface area contributed by atoms with Gasteiger partial charge in [-0.05, 0) is 43.2 Å². The van der Waals surface area contributed by atoms with Gasteiger partial charge in [0.25, 0.3) is 0 Å². The number of aliphatic imine (C=N–C) groups is 1.